The van der Waals surface area contributed by atoms with Gasteiger partial charge in [-0.2, -0.15) is 0 Å². The number of rotatable bonds is 3. The third-order valence-corrected chi connectivity index (χ3v) is 3.40. The van der Waals surface area contributed by atoms with Crippen LogP contribution in [0.1, 0.15) is 16.1 Å². The Morgan fingerprint density at radius 2 is 1.89 bits per heavy atom. The Hall–Kier alpha value is -1.63. The molecule has 0 radical (unpaired) electrons. The molecule has 4 nitrogen and oxygen atoms in total. The van der Waals surface area contributed by atoms with Gasteiger partial charge < -0.3 is 9.30 Å². The molecule has 0 amide bonds. The summed E-state index contributed by atoms with van der Waals surface area (Å²) in [5.74, 6) is -0.501. The SMILES string of the molecule is Cn1c(C(=O)OCc2ccc([123I])cc2)cccc1=O. The molecular weight excluding hydrogens is 353 g/mol. The van der Waals surface area contributed by atoms with Crippen molar-refractivity contribution in [3.05, 3.63) is 67.6 Å². The zero-order valence-corrected chi connectivity index (χ0v) is 12.5. The molecule has 0 spiro atoms. The van der Waals surface area contributed by atoms with Crippen LogP contribution < -0.4 is 5.56 Å². The van der Waals surface area contributed by atoms with Gasteiger partial charge in [0.1, 0.15) is 12.3 Å². The van der Waals surface area contributed by atoms with Crippen molar-refractivity contribution in [2.24, 2.45) is 7.05 Å². The van der Waals surface area contributed by atoms with E-state index in [-0.39, 0.29) is 17.9 Å². The number of benzene rings is 1. The lowest BCUT2D eigenvalue weighted by atomic mass is 10.2. The van der Waals surface area contributed by atoms with Crippen molar-refractivity contribution in [3.63, 3.8) is 0 Å². The summed E-state index contributed by atoms with van der Waals surface area (Å²) >= 11 is 2.21. The van der Waals surface area contributed by atoms with Crippen LogP contribution >= 0.6 is 22.6 Å². The van der Waals surface area contributed by atoms with Crippen LogP contribution in [0.4, 0.5) is 0 Å². The monoisotopic (exact) mass is 365 g/mol. The van der Waals surface area contributed by atoms with E-state index in [9.17, 15) is 9.59 Å². The van der Waals surface area contributed by atoms with Crippen LogP contribution in [0.2, 0.25) is 0 Å². The van der Waals surface area contributed by atoms with E-state index in [1.54, 1.807) is 19.2 Å². The van der Waals surface area contributed by atoms with Crippen molar-refractivity contribution in [2.75, 3.05) is 0 Å². The number of aromatic nitrogens is 1. The summed E-state index contributed by atoms with van der Waals surface area (Å²) in [5, 5.41) is 0. The van der Waals surface area contributed by atoms with Gasteiger partial charge in [0.15, 0.2) is 0 Å². The van der Waals surface area contributed by atoms with E-state index in [0.29, 0.717) is 0 Å². The Labute approximate surface area is 124 Å². The van der Waals surface area contributed by atoms with Gasteiger partial charge in [-0.25, -0.2) is 4.79 Å². The molecule has 2 aromatic rings. The first-order chi connectivity index (χ1) is 9.08. The van der Waals surface area contributed by atoms with Gasteiger partial charge in [0.25, 0.3) is 5.56 Å². The molecular formula is C14H12INO3. The normalized spacial score (nSPS) is 10.2. The maximum Gasteiger partial charge on any atom is 0.355 e. The van der Waals surface area contributed by atoms with Gasteiger partial charge in [0, 0.05) is 16.7 Å². The molecule has 0 unspecified atom stereocenters. The molecule has 19 heavy (non-hydrogen) atoms. The zero-order valence-electron chi connectivity index (χ0n) is 10.3. The largest absolute Gasteiger partial charge is 0.456 e. The van der Waals surface area contributed by atoms with Crippen LogP contribution in [0.3, 0.4) is 0 Å². The number of esters is 1. The molecule has 0 saturated carbocycles. The molecule has 2 rings (SSSR count). The lowest BCUT2D eigenvalue weighted by molar-refractivity contribution is 0.0460. The summed E-state index contributed by atoms with van der Waals surface area (Å²) in [5.41, 5.74) is 0.927. The number of hydrogen-bond acceptors (Lipinski definition) is 3. The highest BCUT2D eigenvalue weighted by Crippen LogP contribution is 2.09. The Morgan fingerprint density at radius 3 is 2.58 bits per heavy atom. The van der Waals surface area contributed by atoms with Crippen LogP contribution in [-0.4, -0.2) is 10.5 Å². The van der Waals surface area contributed by atoms with Crippen LogP contribution in [0, 0.1) is 3.57 Å². The Morgan fingerprint density at radius 1 is 1.21 bits per heavy atom. The molecule has 0 saturated heterocycles. The topological polar surface area (TPSA) is 48.3 Å². The van der Waals surface area contributed by atoms with Gasteiger partial charge in [0.2, 0.25) is 0 Å². The fourth-order valence-electron chi connectivity index (χ4n) is 1.57. The fraction of sp³-hybridized carbons (Fsp3) is 0.143. The maximum atomic E-state index is 11.9. The second-order valence-electron chi connectivity index (χ2n) is 4.01. The van der Waals surface area contributed by atoms with E-state index < -0.39 is 5.97 Å². The van der Waals surface area contributed by atoms with E-state index in [2.05, 4.69) is 22.6 Å². The molecule has 0 aliphatic heterocycles. The van der Waals surface area contributed by atoms with Crippen molar-refractivity contribution in [2.45, 2.75) is 6.61 Å². The molecule has 0 N–H and O–H groups in total. The van der Waals surface area contributed by atoms with Crippen LogP contribution in [-0.2, 0) is 18.4 Å². The number of carbonyl (C=O) groups is 1. The van der Waals surface area contributed by atoms with E-state index >= 15 is 0 Å². The highest BCUT2D eigenvalue weighted by molar-refractivity contribution is 14.1. The summed E-state index contributed by atoms with van der Waals surface area (Å²) in [6.45, 7) is 0.193. The van der Waals surface area contributed by atoms with Gasteiger partial charge in [0.05, 0.1) is 0 Å². The summed E-state index contributed by atoms with van der Waals surface area (Å²) in [4.78, 5) is 23.3. The number of hydrogen-bond donors (Lipinski definition) is 0. The Kier molecular flexibility index (Phi) is 4.36. The lowest BCUT2D eigenvalue weighted by Gasteiger charge is -2.08. The molecule has 1 heterocycles. The van der Waals surface area contributed by atoms with E-state index in [1.165, 1.54) is 10.6 Å². The minimum absolute atomic E-state index is 0.193. The third-order valence-electron chi connectivity index (χ3n) is 2.68. The van der Waals surface area contributed by atoms with Crippen molar-refractivity contribution in [1.82, 2.24) is 4.57 Å². The predicted molar refractivity (Wildman–Crippen MR) is 80.0 cm³/mol. The molecule has 1 aromatic heterocycles. The predicted octanol–water partition coefficient (Wildman–Crippen LogP) is 2.35. The smallest absolute Gasteiger partial charge is 0.355 e. The van der Waals surface area contributed by atoms with Crippen molar-refractivity contribution < 1.29 is 9.53 Å². The van der Waals surface area contributed by atoms with Gasteiger partial charge in [-0.3, -0.25) is 4.79 Å². The first kappa shape index (κ1) is 13.8. The van der Waals surface area contributed by atoms with Crippen molar-refractivity contribution in [3.8, 4) is 0 Å². The Balaban J connectivity index is 2.07. The van der Waals surface area contributed by atoms with Crippen molar-refractivity contribution >= 4 is 28.6 Å². The number of pyridine rings is 1. The molecule has 0 atom stereocenters. The van der Waals surface area contributed by atoms with Crippen LogP contribution in [0.5, 0.6) is 0 Å². The van der Waals surface area contributed by atoms with E-state index in [4.69, 9.17) is 4.74 Å². The van der Waals surface area contributed by atoms with Crippen molar-refractivity contribution in [1.29, 1.82) is 0 Å². The molecule has 5 heteroatoms. The molecule has 1 aromatic carbocycles. The Bertz CT molecular complexity index is 646. The molecule has 0 aliphatic carbocycles. The fourth-order valence-corrected chi connectivity index (χ4v) is 1.93. The van der Waals surface area contributed by atoms with Gasteiger partial charge in [-0.05, 0) is 46.4 Å². The highest BCUT2D eigenvalue weighted by Gasteiger charge is 2.11. The highest BCUT2D eigenvalue weighted by atomic mass is 123. The maximum absolute atomic E-state index is 11.9. The average Bonchev–Trinajstić information content (AvgIpc) is 2.41. The molecule has 0 fully saturated rings. The molecule has 0 aliphatic rings. The first-order valence-corrected chi connectivity index (χ1v) is 6.73. The van der Waals surface area contributed by atoms with Crippen LogP contribution in [0.15, 0.2) is 47.3 Å². The minimum atomic E-state index is -0.501. The van der Waals surface area contributed by atoms with Crippen LogP contribution in [0.25, 0.3) is 0 Å². The quantitative estimate of drug-likeness (QED) is 0.620. The number of ether oxygens (including phenoxy) is 1. The van der Waals surface area contributed by atoms with E-state index in [0.717, 1.165) is 9.13 Å². The molecule has 98 valence electrons. The standard InChI is InChI=1S/C14H12INO3/c1-16-12(3-2-4-13(16)17)14(18)19-9-10-5-7-11(15)8-6-10/h2-8H,9H2,1H3/i15-4. The average molecular weight is 365 g/mol. The second kappa shape index (κ2) is 6.01. The summed E-state index contributed by atoms with van der Waals surface area (Å²) in [6, 6.07) is 12.2. The molecule has 0 bridgehead atoms. The summed E-state index contributed by atoms with van der Waals surface area (Å²) in [6.07, 6.45) is 0. The van der Waals surface area contributed by atoms with Gasteiger partial charge in [-0.15, -0.1) is 0 Å². The lowest BCUT2D eigenvalue weighted by Crippen LogP contribution is -2.22. The zero-order chi connectivity index (χ0) is 13.8. The summed E-state index contributed by atoms with van der Waals surface area (Å²) < 4.78 is 7.59. The van der Waals surface area contributed by atoms with Gasteiger partial charge >= 0.3 is 5.97 Å². The number of carbonyl (C=O) groups excluding carboxylic acids is 1. The third kappa shape index (κ3) is 3.44. The number of nitrogens with zero attached hydrogens (tertiary/aromatic N) is 1. The minimum Gasteiger partial charge on any atom is -0.456 e. The summed E-state index contributed by atoms with van der Waals surface area (Å²) in [7, 11) is 1.55. The first-order valence-electron chi connectivity index (χ1n) is 5.65. The van der Waals surface area contributed by atoms with Gasteiger partial charge in [-0.1, -0.05) is 18.2 Å². The number of halogens is 1. The van der Waals surface area contributed by atoms with E-state index in [1.807, 2.05) is 24.3 Å². The second-order valence-corrected chi connectivity index (χ2v) is 5.26.